The van der Waals surface area contributed by atoms with Crippen LogP contribution in [-0.4, -0.2) is 44.4 Å². The molecule has 3 aromatic rings. The van der Waals surface area contributed by atoms with Crippen molar-refractivity contribution in [2.24, 2.45) is 5.41 Å². The predicted molar refractivity (Wildman–Crippen MR) is 121 cm³/mol. The van der Waals surface area contributed by atoms with Crippen molar-refractivity contribution in [1.29, 1.82) is 0 Å². The lowest BCUT2D eigenvalue weighted by atomic mass is 9.64. The first-order valence-electron chi connectivity index (χ1n) is 11.6. The van der Waals surface area contributed by atoms with E-state index in [9.17, 15) is 4.79 Å². The van der Waals surface area contributed by atoms with Gasteiger partial charge in [-0.1, -0.05) is 43.3 Å². The molecule has 2 aliphatic heterocycles. The van der Waals surface area contributed by atoms with Gasteiger partial charge in [-0.3, -0.25) is 4.79 Å². The number of benzene rings is 1. The SMILES string of the molecule is Cc1cccc2nc(C(=O)N3[C@H](Cc4ccccc4)[C@@H]4C[C@@]5(C)[C@H](CCC[C@@H]35)N4)cn12. The summed E-state index contributed by atoms with van der Waals surface area (Å²) in [5.41, 5.74) is 3.95. The number of hydrogen-bond donors (Lipinski definition) is 1. The largest absolute Gasteiger partial charge is 0.329 e. The molecule has 1 saturated carbocycles. The highest BCUT2D eigenvalue weighted by molar-refractivity contribution is 5.93. The topological polar surface area (TPSA) is 49.6 Å². The standard InChI is InChI=1S/C26H30N4O/c1-17-8-6-13-24-28-20(16-29(17)24)25(31)30-21(14-18-9-4-3-5-10-18)19-15-26(2)22(27-19)11-7-12-23(26)30/h3-6,8-10,13,16,19,21-23,27H,7,11-12,14-15H2,1-2H3/t19-,21+,22-,23+,26-/m0/s1. The third kappa shape index (κ3) is 2.86. The number of amides is 1. The summed E-state index contributed by atoms with van der Waals surface area (Å²) in [6.07, 6.45) is 7.46. The molecule has 3 aliphatic rings. The van der Waals surface area contributed by atoms with E-state index in [1.807, 2.05) is 22.7 Å². The fraction of sp³-hybridized carbons (Fsp3) is 0.462. The molecule has 5 nitrogen and oxygen atoms in total. The van der Waals surface area contributed by atoms with Gasteiger partial charge in [-0.05, 0) is 56.7 Å². The molecular weight excluding hydrogens is 384 g/mol. The molecule has 0 spiro atoms. The maximum Gasteiger partial charge on any atom is 0.274 e. The lowest BCUT2D eigenvalue weighted by Gasteiger charge is -2.53. The molecule has 1 N–H and O–H groups in total. The van der Waals surface area contributed by atoms with E-state index in [1.165, 1.54) is 18.4 Å². The highest BCUT2D eigenvalue weighted by atomic mass is 16.2. The molecule has 1 amide bonds. The minimum absolute atomic E-state index is 0.0920. The van der Waals surface area contributed by atoms with E-state index in [2.05, 4.69) is 60.5 Å². The number of imidazole rings is 1. The summed E-state index contributed by atoms with van der Waals surface area (Å²) in [4.78, 5) is 21.0. The van der Waals surface area contributed by atoms with Crippen molar-refractivity contribution in [3.8, 4) is 0 Å². The zero-order chi connectivity index (χ0) is 21.2. The Labute approximate surface area is 183 Å². The number of hydrogen-bond acceptors (Lipinski definition) is 3. The maximum absolute atomic E-state index is 14.1. The van der Waals surface area contributed by atoms with Gasteiger partial charge in [-0.25, -0.2) is 4.98 Å². The van der Waals surface area contributed by atoms with E-state index in [-0.39, 0.29) is 23.4 Å². The quantitative estimate of drug-likeness (QED) is 0.705. The predicted octanol–water partition coefficient (Wildman–Crippen LogP) is 4.00. The Morgan fingerprint density at radius 1 is 1.16 bits per heavy atom. The maximum atomic E-state index is 14.1. The number of piperidine rings is 1. The van der Waals surface area contributed by atoms with Crippen molar-refractivity contribution in [3.63, 3.8) is 0 Å². The molecule has 6 rings (SSSR count). The van der Waals surface area contributed by atoms with E-state index in [0.717, 1.165) is 30.6 Å². The Morgan fingerprint density at radius 2 is 2.00 bits per heavy atom. The van der Waals surface area contributed by atoms with Gasteiger partial charge in [0, 0.05) is 35.4 Å². The van der Waals surface area contributed by atoms with Crippen molar-refractivity contribution in [1.82, 2.24) is 19.6 Å². The number of carbonyl (C=O) groups excluding carboxylic acids is 1. The molecule has 5 heteroatoms. The van der Waals surface area contributed by atoms with Crippen LogP contribution < -0.4 is 5.32 Å². The number of pyridine rings is 1. The molecule has 1 aromatic carbocycles. The third-order valence-electron chi connectivity index (χ3n) is 8.20. The summed E-state index contributed by atoms with van der Waals surface area (Å²) in [5.74, 6) is 0.0920. The number of fused-ring (bicyclic) bond motifs is 2. The van der Waals surface area contributed by atoms with Crippen LogP contribution in [0.1, 0.15) is 54.4 Å². The van der Waals surface area contributed by atoms with Gasteiger partial charge in [0.15, 0.2) is 0 Å². The minimum atomic E-state index is 0.0920. The summed E-state index contributed by atoms with van der Waals surface area (Å²) >= 11 is 0. The third-order valence-corrected chi connectivity index (χ3v) is 8.20. The molecule has 0 unspecified atom stereocenters. The van der Waals surface area contributed by atoms with Gasteiger partial charge in [0.2, 0.25) is 0 Å². The molecule has 1 aliphatic carbocycles. The molecule has 2 aromatic heterocycles. The smallest absolute Gasteiger partial charge is 0.274 e. The van der Waals surface area contributed by atoms with Crippen LogP contribution in [0.2, 0.25) is 0 Å². The van der Waals surface area contributed by atoms with Crippen LogP contribution in [0.15, 0.2) is 54.7 Å². The lowest BCUT2D eigenvalue weighted by Crippen LogP contribution is -2.62. The fourth-order valence-electron chi connectivity index (χ4n) is 6.65. The second-order valence-corrected chi connectivity index (χ2v) is 9.97. The second-order valence-electron chi connectivity index (χ2n) is 9.97. The van der Waals surface area contributed by atoms with Gasteiger partial charge in [0.1, 0.15) is 11.3 Å². The Bertz CT molecular complexity index is 1140. The van der Waals surface area contributed by atoms with Crippen molar-refractivity contribution >= 4 is 11.6 Å². The number of aromatic nitrogens is 2. The Kier molecular flexibility index (Phi) is 4.26. The molecular formula is C26H30N4O. The van der Waals surface area contributed by atoms with E-state index >= 15 is 0 Å². The summed E-state index contributed by atoms with van der Waals surface area (Å²) in [5, 5.41) is 3.95. The van der Waals surface area contributed by atoms with Crippen LogP contribution in [0, 0.1) is 12.3 Å². The van der Waals surface area contributed by atoms with Crippen LogP contribution in [0.25, 0.3) is 5.65 Å². The van der Waals surface area contributed by atoms with Crippen LogP contribution in [0.4, 0.5) is 0 Å². The molecule has 4 heterocycles. The first-order valence-corrected chi connectivity index (χ1v) is 11.6. The molecule has 0 radical (unpaired) electrons. The monoisotopic (exact) mass is 414 g/mol. The first kappa shape index (κ1) is 19.1. The number of nitrogens with zero attached hydrogens (tertiary/aromatic N) is 3. The van der Waals surface area contributed by atoms with Gasteiger partial charge in [0.05, 0.1) is 6.04 Å². The van der Waals surface area contributed by atoms with Gasteiger partial charge >= 0.3 is 0 Å². The zero-order valence-corrected chi connectivity index (χ0v) is 18.3. The fourth-order valence-corrected chi connectivity index (χ4v) is 6.65. The van der Waals surface area contributed by atoms with Gasteiger partial charge in [-0.2, -0.15) is 0 Å². The van der Waals surface area contributed by atoms with Gasteiger partial charge in [-0.15, -0.1) is 0 Å². The molecule has 5 atom stereocenters. The van der Waals surface area contributed by atoms with Crippen LogP contribution in [0.3, 0.4) is 0 Å². The second kappa shape index (κ2) is 6.92. The van der Waals surface area contributed by atoms with Gasteiger partial charge < -0.3 is 14.6 Å². The number of aryl methyl sites for hydroxylation is 1. The van der Waals surface area contributed by atoms with Gasteiger partial charge in [0.25, 0.3) is 5.91 Å². The van der Waals surface area contributed by atoms with E-state index < -0.39 is 0 Å². The molecule has 3 fully saturated rings. The number of likely N-dealkylation sites (tertiary alicyclic amines) is 1. The first-order chi connectivity index (χ1) is 15.0. The number of rotatable bonds is 3. The van der Waals surface area contributed by atoms with Crippen LogP contribution in [0.5, 0.6) is 0 Å². The van der Waals surface area contributed by atoms with Crippen molar-refractivity contribution in [3.05, 3.63) is 71.7 Å². The van der Waals surface area contributed by atoms with E-state index in [4.69, 9.17) is 4.98 Å². The molecule has 31 heavy (non-hydrogen) atoms. The Balaban J connectivity index is 1.43. The summed E-state index contributed by atoms with van der Waals surface area (Å²) in [7, 11) is 0. The average Bonchev–Trinajstić information content (AvgIpc) is 3.35. The van der Waals surface area contributed by atoms with E-state index in [0.29, 0.717) is 17.8 Å². The van der Waals surface area contributed by atoms with Crippen LogP contribution in [-0.2, 0) is 6.42 Å². The minimum Gasteiger partial charge on any atom is -0.329 e. The Morgan fingerprint density at radius 3 is 2.81 bits per heavy atom. The van der Waals surface area contributed by atoms with Crippen molar-refractivity contribution < 1.29 is 4.79 Å². The molecule has 160 valence electrons. The number of nitrogens with one attached hydrogen (secondary N) is 1. The van der Waals surface area contributed by atoms with Crippen molar-refractivity contribution in [2.75, 3.05) is 0 Å². The highest BCUT2D eigenvalue weighted by Gasteiger charge is 2.60. The molecule has 2 bridgehead atoms. The Hall–Kier alpha value is -2.66. The summed E-state index contributed by atoms with van der Waals surface area (Å²) in [6, 6.07) is 17.9. The summed E-state index contributed by atoms with van der Waals surface area (Å²) < 4.78 is 2.03. The molecule has 2 saturated heterocycles. The zero-order valence-electron chi connectivity index (χ0n) is 18.3. The summed E-state index contributed by atoms with van der Waals surface area (Å²) in [6.45, 7) is 4.46. The van der Waals surface area contributed by atoms with Crippen molar-refractivity contribution in [2.45, 2.75) is 70.1 Å². The highest BCUT2D eigenvalue weighted by Crippen LogP contribution is 2.52. The average molecular weight is 415 g/mol. The van der Waals surface area contributed by atoms with E-state index in [1.54, 1.807) is 0 Å². The van der Waals surface area contributed by atoms with Crippen LogP contribution >= 0.6 is 0 Å². The number of carbonyl (C=O) groups is 1. The normalized spacial score (nSPS) is 31.9. The lowest BCUT2D eigenvalue weighted by molar-refractivity contribution is -0.0114.